The second-order valence-corrected chi connectivity index (χ2v) is 5.57. The van der Waals surface area contributed by atoms with E-state index in [0.717, 1.165) is 19.1 Å². The molecule has 0 atom stereocenters. The Bertz CT molecular complexity index is 177. The molecule has 0 bridgehead atoms. The molecule has 0 amide bonds. The number of piperazine rings is 1. The van der Waals surface area contributed by atoms with Crippen LogP contribution >= 0.6 is 0 Å². The second kappa shape index (κ2) is 8.90. The maximum Gasteiger partial charge on any atom is 0.0589 e. The van der Waals surface area contributed by atoms with Crippen molar-refractivity contribution < 1.29 is 4.74 Å². The Balaban J connectivity index is 1.99. The highest BCUT2D eigenvalue weighted by Gasteiger charge is 2.15. The average molecular weight is 242 g/mol. The summed E-state index contributed by atoms with van der Waals surface area (Å²) in [6.07, 6.45) is 4.14. The fraction of sp³-hybridized carbons (Fsp3) is 1.00. The van der Waals surface area contributed by atoms with Crippen LogP contribution in [0.5, 0.6) is 0 Å². The van der Waals surface area contributed by atoms with Gasteiger partial charge in [0.2, 0.25) is 0 Å². The van der Waals surface area contributed by atoms with Crippen LogP contribution in [0.2, 0.25) is 0 Å². The molecule has 0 aromatic carbocycles. The van der Waals surface area contributed by atoms with Crippen LogP contribution in [0, 0.1) is 5.92 Å². The van der Waals surface area contributed by atoms with Crippen LogP contribution in [0.3, 0.4) is 0 Å². The fourth-order valence-corrected chi connectivity index (χ4v) is 2.34. The quantitative estimate of drug-likeness (QED) is 0.606. The van der Waals surface area contributed by atoms with Gasteiger partial charge >= 0.3 is 0 Å². The Morgan fingerprint density at radius 1 is 0.941 bits per heavy atom. The van der Waals surface area contributed by atoms with E-state index in [2.05, 4.69) is 23.6 Å². The zero-order chi connectivity index (χ0) is 12.5. The highest BCUT2D eigenvalue weighted by molar-refractivity contribution is 4.71. The van der Waals surface area contributed by atoms with Crippen molar-refractivity contribution in [2.24, 2.45) is 5.92 Å². The molecule has 0 aromatic heterocycles. The van der Waals surface area contributed by atoms with E-state index in [-0.39, 0.29) is 0 Å². The molecule has 3 heteroatoms. The van der Waals surface area contributed by atoms with Crippen molar-refractivity contribution in [1.29, 1.82) is 0 Å². The van der Waals surface area contributed by atoms with Crippen molar-refractivity contribution in [3.05, 3.63) is 0 Å². The van der Waals surface area contributed by atoms with Gasteiger partial charge in [-0.05, 0) is 18.9 Å². The fourth-order valence-electron chi connectivity index (χ4n) is 2.34. The molecular formula is C14H30N2O. The van der Waals surface area contributed by atoms with Crippen molar-refractivity contribution in [2.75, 3.05) is 53.0 Å². The summed E-state index contributed by atoms with van der Waals surface area (Å²) in [6, 6.07) is 0. The summed E-state index contributed by atoms with van der Waals surface area (Å²) in [5.41, 5.74) is 0. The lowest BCUT2D eigenvalue weighted by molar-refractivity contribution is 0.0960. The van der Waals surface area contributed by atoms with Crippen LogP contribution in [0.1, 0.15) is 33.1 Å². The predicted molar refractivity (Wildman–Crippen MR) is 73.4 cm³/mol. The van der Waals surface area contributed by atoms with Gasteiger partial charge in [0.25, 0.3) is 0 Å². The molecule has 1 saturated heterocycles. The first-order valence-corrected chi connectivity index (χ1v) is 7.16. The molecule has 1 fully saturated rings. The molecule has 0 N–H and O–H groups in total. The minimum atomic E-state index is 0.862. The summed E-state index contributed by atoms with van der Waals surface area (Å²) in [4.78, 5) is 5.12. The third-order valence-electron chi connectivity index (χ3n) is 3.58. The molecule has 1 heterocycles. The summed E-state index contributed by atoms with van der Waals surface area (Å²) in [5.74, 6) is 0.862. The molecule has 1 aliphatic rings. The van der Waals surface area contributed by atoms with Gasteiger partial charge in [0.15, 0.2) is 0 Å². The van der Waals surface area contributed by atoms with Gasteiger partial charge in [0.05, 0.1) is 6.61 Å². The molecule has 0 unspecified atom stereocenters. The summed E-state index contributed by atoms with van der Waals surface area (Å²) in [5, 5.41) is 0. The van der Waals surface area contributed by atoms with Crippen LogP contribution in [-0.2, 0) is 4.74 Å². The molecule has 0 aromatic rings. The van der Waals surface area contributed by atoms with Crippen LogP contribution in [-0.4, -0.2) is 62.8 Å². The lowest BCUT2D eigenvalue weighted by Crippen LogP contribution is -2.47. The number of hydrogen-bond donors (Lipinski definition) is 0. The van der Waals surface area contributed by atoms with Crippen molar-refractivity contribution in [3.63, 3.8) is 0 Å². The Kier molecular flexibility index (Phi) is 7.82. The van der Waals surface area contributed by atoms with Crippen molar-refractivity contribution >= 4 is 0 Å². The highest BCUT2D eigenvalue weighted by atomic mass is 16.5. The predicted octanol–water partition coefficient (Wildman–Crippen LogP) is 2.08. The zero-order valence-corrected chi connectivity index (χ0v) is 12.0. The minimum Gasteiger partial charge on any atom is -0.383 e. The van der Waals surface area contributed by atoms with Gasteiger partial charge < -0.3 is 9.64 Å². The summed E-state index contributed by atoms with van der Waals surface area (Å²) in [6.45, 7) is 12.8. The molecule has 0 spiro atoms. The lowest BCUT2D eigenvalue weighted by Gasteiger charge is -2.34. The van der Waals surface area contributed by atoms with E-state index in [0.29, 0.717) is 0 Å². The number of methoxy groups -OCH3 is 1. The number of ether oxygens (including phenoxy) is 1. The molecule has 1 rings (SSSR count). The summed E-state index contributed by atoms with van der Waals surface area (Å²) in [7, 11) is 1.78. The topological polar surface area (TPSA) is 15.7 Å². The Morgan fingerprint density at radius 3 is 2.06 bits per heavy atom. The minimum absolute atomic E-state index is 0.862. The third-order valence-corrected chi connectivity index (χ3v) is 3.58. The van der Waals surface area contributed by atoms with Crippen LogP contribution in [0.4, 0.5) is 0 Å². The first-order chi connectivity index (χ1) is 8.22. The molecule has 102 valence electrons. The Morgan fingerprint density at radius 2 is 1.53 bits per heavy atom. The molecule has 0 aliphatic carbocycles. The standard InChI is InChI=1S/C14H30N2O/c1-14(2)6-4-5-7-15-8-10-16(11-9-15)12-13-17-3/h14H,4-13H2,1-3H3. The van der Waals surface area contributed by atoms with Crippen LogP contribution in [0.15, 0.2) is 0 Å². The van der Waals surface area contributed by atoms with Crippen LogP contribution in [0.25, 0.3) is 0 Å². The molecule has 0 saturated carbocycles. The molecule has 3 nitrogen and oxygen atoms in total. The molecular weight excluding hydrogens is 212 g/mol. The normalized spacial score (nSPS) is 19.1. The van der Waals surface area contributed by atoms with E-state index in [1.807, 2.05) is 0 Å². The van der Waals surface area contributed by atoms with E-state index in [1.54, 1.807) is 7.11 Å². The van der Waals surface area contributed by atoms with Gasteiger partial charge in [-0.3, -0.25) is 4.90 Å². The first kappa shape index (κ1) is 14.9. The largest absolute Gasteiger partial charge is 0.383 e. The van der Waals surface area contributed by atoms with Gasteiger partial charge in [-0.15, -0.1) is 0 Å². The maximum atomic E-state index is 5.12. The molecule has 17 heavy (non-hydrogen) atoms. The monoisotopic (exact) mass is 242 g/mol. The van der Waals surface area contributed by atoms with E-state index < -0.39 is 0 Å². The number of rotatable bonds is 8. The van der Waals surface area contributed by atoms with E-state index in [1.165, 1.54) is 52.0 Å². The van der Waals surface area contributed by atoms with Crippen molar-refractivity contribution in [3.8, 4) is 0 Å². The van der Waals surface area contributed by atoms with Gasteiger partial charge in [-0.1, -0.05) is 26.7 Å². The Hall–Kier alpha value is -0.120. The van der Waals surface area contributed by atoms with Gasteiger partial charge in [0, 0.05) is 39.8 Å². The lowest BCUT2D eigenvalue weighted by atomic mass is 10.1. The number of unbranched alkanes of at least 4 members (excludes halogenated alkanes) is 1. The van der Waals surface area contributed by atoms with E-state index >= 15 is 0 Å². The molecule has 1 aliphatic heterocycles. The van der Waals surface area contributed by atoms with Gasteiger partial charge in [0.1, 0.15) is 0 Å². The maximum absolute atomic E-state index is 5.12. The third kappa shape index (κ3) is 7.02. The average Bonchev–Trinajstić information content (AvgIpc) is 2.33. The number of nitrogens with zero attached hydrogens (tertiary/aromatic N) is 2. The Labute approximate surface area is 107 Å². The SMILES string of the molecule is COCCN1CCN(CCCCC(C)C)CC1. The van der Waals surface area contributed by atoms with Crippen molar-refractivity contribution in [1.82, 2.24) is 9.80 Å². The summed E-state index contributed by atoms with van der Waals surface area (Å²) < 4.78 is 5.12. The molecule has 0 radical (unpaired) electrons. The van der Waals surface area contributed by atoms with Gasteiger partial charge in [-0.25, -0.2) is 0 Å². The first-order valence-electron chi connectivity index (χ1n) is 7.16. The van der Waals surface area contributed by atoms with Crippen LogP contribution < -0.4 is 0 Å². The highest BCUT2D eigenvalue weighted by Crippen LogP contribution is 2.08. The zero-order valence-electron chi connectivity index (χ0n) is 12.0. The van der Waals surface area contributed by atoms with Gasteiger partial charge in [-0.2, -0.15) is 0 Å². The van der Waals surface area contributed by atoms with E-state index in [9.17, 15) is 0 Å². The second-order valence-electron chi connectivity index (χ2n) is 5.57. The summed E-state index contributed by atoms with van der Waals surface area (Å²) >= 11 is 0. The number of hydrogen-bond acceptors (Lipinski definition) is 3. The smallest absolute Gasteiger partial charge is 0.0589 e. The van der Waals surface area contributed by atoms with E-state index in [4.69, 9.17) is 4.74 Å². The van der Waals surface area contributed by atoms with Crippen molar-refractivity contribution in [2.45, 2.75) is 33.1 Å².